The van der Waals surface area contributed by atoms with Crippen molar-refractivity contribution in [3.8, 4) is 17.1 Å². The van der Waals surface area contributed by atoms with E-state index in [2.05, 4.69) is 30.6 Å². The highest BCUT2D eigenvalue weighted by Crippen LogP contribution is 2.26. The van der Waals surface area contributed by atoms with Crippen LogP contribution in [0, 0.1) is 0 Å². The fraction of sp³-hybridized carbons (Fsp3) is 0.261. The maximum atomic E-state index is 12.6. The number of ether oxygens (including phenoxy) is 1. The van der Waals surface area contributed by atoms with Gasteiger partial charge in [0.15, 0.2) is 16.8 Å². The van der Waals surface area contributed by atoms with Crippen LogP contribution in [0.25, 0.3) is 11.4 Å². The number of allylic oxidation sites excluding steroid dienone is 1. The Balaban J connectivity index is 1.75. The third-order valence-electron chi connectivity index (χ3n) is 4.61. The summed E-state index contributed by atoms with van der Waals surface area (Å²) in [6, 6.07) is 15.5. The van der Waals surface area contributed by atoms with Gasteiger partial charge in [0.1, 0.15) is 5.75 Å². The molecule has 0 fully saturated rings. The summed E-state index contributed by atoms with van der Waals surface area (Å²) in [7, 11) is 1.64. The number of carbonyl (C=O) groups is 1. The molecule has 0 unspecified atom stereocenters. The van der Waals surface area contributed by atoms with Crippen LogP contribution in [0.1, 0.15) is 35.7 Å². The Labute approximate surface area is 175 Å². The lowest BCUT2D eigenvalue weighted by Gasteiger charge is -2.09. The van der Waals surface area contributed by atoms with Crippen molar-refractivity contribution >= 4 is 17.5 Å². The molecule has 1 aromatic heterocycles. The summed E-state index contributed by atoms with van der Waals surface area (Å²) < 4.78 is 7.18. The number of hydrogen-bond acceptors (Lipinski definition) is 5. The number of ketones is 1. The van der Waals surface area contributed by atoms with Gasteiger partial charge in [0.25, 0.3) is 0 Å². The summed E-state index contributed by atoms with van der Waals surface area (Å²) in [4.78, 5) is 12.6. The molecule has 0 aliphatic heterocycles. The molecule has 0 spiro atoms. The molecule has 0 N–H and O–H groups in total. The standard InChI is InChI=1S/C23H25N3O2S/c1-5-14-26-22(19-10-12-20(28-4)13-11-19)24-25-23(26)29-15-21(27)18-8-6-17(7-9-18)16(2)3/h5-13,16H,1,14-15H2,2-4H3. The molecule has 5 nitrogen and oxygen atoms in total. The Morgan fingerprint density at radius 3 is 2.41 bits per heavy atom. The van der Waals surface area contributed by atoms with Crippen LogP contribution >= 0.6 is 11.8 Å². The summed E-state index contributed by atoms with van der Waals surface area (Å²) in [6.07, 6.45) is 1.80. The molecule has 3 rings (SSSR count). The first kappa shape index (κ1) is 20.9. The summed E-state index contributed by atoms with van der Waals surface area (Å²) >= 11 is 1.39. The van der Waals surface area contributed by atoms with Gasteiger partial charge in [-0.15, -0.1) is 16.8 Å². The number of aromatic nitrogens is 3. The molecule has 0 saturated heterocycles. The van der Waals surface area contributed by atoms with Gasteiger partial charge in [-0.05, 0) is 35.7 Å². The van der Waals surface area contributed by atoms with Crippen molar-refractivity contribution in [2.45, 2.75) is 31.5 Å². The molecular formula is C23H25N3O2S. The van der Waals surface area contributed by atoms with Crippen LogP contribution in [0.3, 0.4) is 0 Å². The summed E-state index contributed by atoms with van der Waals surface area (Å²) in [5.74, 6) is 2.35. The monoisotopic (exact) mass is 407 g/mol. The Hall–Kier alpha value is -2.86. The van der Waals surface area contributed by atoms with Gasteiger partial charge in [0.2, 0.25) is 0 Å². The van der Waals surface area contributed by atoms with Crippen molar-refractivity contribution in [2.24, 2.45) is 0 Å². The second-order valence-electron chi connectivity index (χ2n) is 6.92. The van der Waals surface area contributed by atoms with E-state index in [1.54, 1.807) is 13.2 Å². The molecule has 2 aromatic carbocycles. The minimum absolute atomic E-state index is 0.0736. The summed E-state index contributed by atoms with van der Waals surface area (Å²) in [5.41, 5.74) is 2.87. The number of hydrogen-bond donors (Lipinski definition) is 0. The van der Waals surface area contributed by atoms with Gasteiger partial charge in [-0.1, -0.05) is 56.0 Å². The zero-order valence-corrected chi connectivity index (χ0v) is 17.8. The molecule has 0 radical (unpaired) electrons. The van der Waals surface area contributed by atoms with E-state index in [1.165, 1.54) is 17.3 Å². The van der Waals surface area contributed by atoms with E-state index in [-0.39, 0.29) is 5.78 Å². The highest BCUT2D eigenvalue weighted by atomic mass is 32.2. The Bertz CT molecular complexity index is 976. The number of carbonyl (C=O) groups excluding carboxylic acids is 1. The Morgan fingerprint density at radius 2 is 1.83 bits per heavy atom. The lowest BCUT2D eigenvalue weighted by molar-refractivity contribution is 0.102. The first-order chi connectivity index (χ1) is 14.0. The third-order valence-corrected chi connectivity index (χ3v) is 5.58. The first-order valence-electron chi connectivity index (χ1n) is 9.48. The van der Waals surface area contributed by atoms with Crippen LogP contribution in [-0.4, -0.2) is 33.4 Å². The van der Waals surface area contributed by atoms with Gasteiger partial charge in [0.05, 0.1) is 12.9 Å². The molecule has 0 saturated carbocycles. The lowest BCUT2D eigenvalue weighted by Crippen LogP contribution is -2.05. The average Bonchev–Trinajstić information content (AvgIpc) is 3.15. The van der Waals surface area contributed by atoms with E-state index in [4.69, 9.17) is 4.74 Å². The molecule has 1 heterocycles. The van der Waals surface area contributed by atoms with Crippen molar-refractivity contribution < 1.29 is 9.53 Å². The number of nitrogens with zero attached hydrogens (tertiary/aromatic N) is 3. The van der Waals surface area contributed by atoms with Crippen molar-refractivity contribution in [3.63, 3.8) is 0 Å². The fourth-order valence-electron chi connectivity index (χ4n) is 2.91. The van der Waals surface area contributed by atoms with Crippen LogP contribution in [0.5, 0.6) is 5.75 Å². The average molecular weight is 408 g/mol. The molecule has 0 amide bonds. The van der Waals surface area contributed by atoms with E-state index in [0.29, 0.717) is 28.9 Å². The van der Waals surface area contributed by atoms with E-state index >= 15 is 0 Å². The van der Waals surface area contributed by atoms with Crippen LogP contribution < -0.4 is 4.74 Å². The number of Topliss-reactive ketones (excluding diaryl/α,β-unsaturated/α-hetero) is 1. The summed E-state index contributed by atoms with van der Waals surface area (Å²) in [5, 5.41) is 9.33. The molecule has 3 aromatic rings. The SMILES string of the molecule is C=CCn1c(SCC(=O)c2ccc(C(C)C)cc2)nnc1-c1ccc(OC)cc1. The van der Waals surface area contributed by atoms with Crippen molar-refractivity contribution in [1.29, 1.82) is 0 Å². The highest BCUT2D eigenvalue weighted by molar-refractivity contribution is 7.99. The first-order valence-corrected chi connectivity index (χ1v) is 10.5. The lowest BCUT2D eigenvalue weighted by atomic mass is 10.0. The molecule has 0 aliphatic rings. The molecular weight excluding hydrogens is 382 g/mol. The number of thioether (sulfide) groups is 1. The zero-order valence-electron chi connectivity index (χ0n) is 17.0. The van der Waals surface area contributed by atoms with Crippen LogP contribution in [0.4, 0.5) is 0 Å². The second kappa shape index (κ2) is 9.56. The molecule has 0 bridgehead atoms. The maximum Gasteiger partial charge on any atom is 0.192 e. The van der Waals surface area contributed by atoms with Gasteiger partial charge >= 0.3 is 0 Å². The quantitative estimate of drug-likeness (QED) is 0.276. The number of benzene rings is 2. The minimum atomic E-state index is 0.0736. The maximum absolute atomic E-state index is 12.6. The topological polar surface area (TPSA) is 57.0 Å². The number of rotatable bonds is 9. The van der Waals surface area contributed by atoms with Gasteiger partial charge < -0.3 is 4.74 Å². The second-order valence-corrected chi connectivity index (χ2v) is 7.87. The highest BCUT2D eigenvalue weighted by Gasteiger charge is 2.16. The van der Waals surface area contributed by atoms with Crippen molar-refractivity contribution in [2.75, 3.05) is 12.9 Å². The van der Waals surface area contributed by atoms with E-state index in [1.807, 2.05) is 53.1 Å². The van der Waals surface area contributed by atoms with Gasteiger partial charge in [-0.3, -0.25) is 9.36 Å². The fourth-order valence-corrected chi connectivity index (χ4v) is 3.75. The Morgan fingerprint density at radius 1 is 1.14 bits per heavy atom. The predicted octanol–water partition coefficient (Wildman–Crippen LogP) is 5.24. The molecule has 150 valence electrons. The number of methoxy groups -OCH3 is 1. The third kappa shape index (κ3) is 4.95. The van der Waals surface area contributed by atoms with Crippen molar-refractivity contribution in [3.05, 3.63) is 72.3 Å². The van der Waals surface area contributed by atoms with Gasteiger partial charge in [0, 0.05) is 17.7 Å². The van der Waals surface area contributed by atoms with E-state index in [0.717, 1.165) is 17.1 Å². The van der Waals surface area contributed by atoms with Crippen LogP contribution in [0.2, 0.25) is 0 Å². The normalized spacial score (nSPS) is 10.9. The minimum Gasteiger partial charge on any atom is -0.497 e. The van der Waals surface area contributed by atoms with Gasteiger partial charge in [-0.25, -0.2) is 0 Å². The van der Waals surface area contributed by atoms with E-state index in [9.17, 15) is 4.79 Å². The Kier molecular flexibility index (Phi) is 6.88. The van der Waals surface area contributed by atoms with E-state index < -0.39 is 0 Å². The van der Waals surface area contributed by atoms with Crippen molar-refractivity contribution in [1.82, 2.24) is 14.8 Å². The smallest absolute Gasteiger partial charge is 0.192 e. The molecule has 0 atom stereocenters. The summed E-state index contributed by atoms with van der Waals surface area (Å²) in [6.45, 7) is 8.67. The largest absolute Gasteiger partial charge is 0.497 e. The predicted molar refractivity (Wildman–Crippen MR) is 118 cm³/mol. The molecule has 29 heavy (non-hydrogen) atoms. The van der Waals surface area contributed by atoms with Crippen LogP contribution in [0.15, 0.2) is 66.3 Å². The molecule has 6 heteroatoms. The van der Waals surface area contributed by atoms with Gasteiger partial charge in [-0.2, -0.15) is 0 Å². The molecule has 0 aliphatic carbocycles. The van der Waals surface area contributed by atoms with Crippen LogP contribution in [-0.2, 0) is 6.54 Å². The zero-order chi connectivity index (χ0) is 20.8.